The largest absolute Gasteiger partial charge is 0.348 e. The summed E-state index contributed by atoms with van der Waals surface area (Å²) in [5.74, 6) is 0.118. The van der Waals surface area contributed by atoms with E-state index >= 15 is 0 Å². The van der Waals surface area contributed by atoms with Crippen molar-refractivity contribution in [1.82, 2.24) is 14.8 Å². The molecule has 1 aromatic heterocycles. The molecule has 0 bridgehead atoms. The Hall–Kier alpha value is -2.85. The number of nitrogens with zero attached hydrogens (tertiary/aromatic N) is 2. The molecule has 148 valence electrons. The molecule has 1 N–H and O–H groups in total. The Labute approximate surface area is 172 Å². The summed E-state index contributed by atoms with van der Waals surface area (Å²) in [6, 6.07) is 23.6. The van der Waals surface area contributed by atoms with Crippen LogP contribution in [0.1, 0.15) is 47.3 Å². The summed E-state index contributed by atoms with van der Waals surface area (Å²) in [5, 5.41) is 3.32. The van der Waals surface area contributed by atoms with E-state index in [9.17, 15) is 4.79 Å². The van der Waals surface area contributed by atoms with Crippen molar-refractivity contribution in [2.24, 2.45) is 0 Å². The Morgan fingerprint density at radius 2 is 1.79 bits per heavy atom. The monoisotopic (exact) mass is 385 g/mol. The van der Waals surface area contributed by atoms with Gasteiger partial charge in [0.15, 0.2) is 0 Å². The van der Waals surface area contributed by atoms with Gasteiger partial charge in [0, 0.05) is 25.0 Å². The van der Waals surface area contributed by atoms with Crippen molar-refractivity contribution in [1.29, 1.82) is 0 Å². The molecule has 0 radical (unpaired) electrons. The number of carbonyl (C=O) groups excluding carboxylic acids is 1. The molecule has 4 nitrogen and oxygen atoms in total. The summed E-state index contributed by atoms with van der Waals surface area (Å²) in [4.78, 5) is 15.4. The van der Waals surface area contributed by atoms with Crippen LogP contribution in [0.2, 0.25) is 0 Å². The first-order chi connectivity index (χ1) is 14.3. The van der Waals surface area contributed by atoms with Crippen LogP contribution in [0.4, 0.5) is 0 Å². The number of nitrogens with one attached hydrogen (secondary N) is 1. The predicted octanol–water partition coefficient (Wildman–Crippen LogP) is 4.09. The number of hydrogen-bond donors (Lipinski definition) is 1. The minimum atomic E-state index is 0.115. The highest BCUT2D eigenvalue weighted by Crippen LogP contribution is 2.33. The maximum Gasteiger partial charge on any atom is 0.234 e. The van der Waals surface area contributed by atoms with Crippen LogP contribution in [0.3, 0.4) is 0 Å². The lowest BCUT2D eigenvalue weighted by molar-refractivity contribution is -0.123. The van der Waals surface area contributed by atoms with Gasteiger partial charge in [0.1, 0.15) is 0 Å². The zero-order valence-electron chi connectivity index (χ0n) is 16.6. The van der Waals surface area contributed by atoms with E-state index in [2.05, 4.69) is 81.6 Å². The first kappa shape index (κ1) is 18.2. The number of aromatic nitrogens is 1. The van der Waals surface area contributed by atoms with Gasteiger partial charge in [-0.2, -0.15) is 0 Å². The van der Waals surface area contributed by atoms with Crippen LogP contribution in [0.5, 0.6) is 0 Å². The Kier molecular flexibility index (Phi) is 4.94. The van der Waals surface area contributed by atoms with Crippen molar-refractivity contribution in [3.05, 3.63) is 95.3 Å². The van der Waals surface area contributed by atoms with Crippen molar-refractivity contribution in [2.45, 2.75) is 37.9 Å². The van der Waals surface area contributed by atoms with Gasteiger partial charge in [-0.25, -0.2) is 0 Å². The van der Waals surface area contributed by atoms with Crippen LogP contribution in [0, 0.1) is 0 Å². The number of benzene rings is 2. The molecule has 2 aromatic carbocycles. The van der Waals surface area contributed by atoms with E-state index in [4.69, 9.17) is 0 Å². The molecule has 29 heavy (non-hydrogen) atoms. The molecule has 2 aliphatic rings. The fraction of sp³-hybridized carbons (Fsp3) is 0.320. The van der Waals surface area contributed by atoms with Gasteiger partial charge in [-0.3, -0.25) is 9.69 Å². The van der Waals surface area contributed by atoms with Crippen molar-refractivity contribution in [2.75, 3.05) is 13.1 Å². The van der Waals surface area contributed by atoms with Gasteiger partial charge in [0.2, 0.25) is 5.91 Å². The maximum absolute atomic E-state index is 13.1. The molecule has 0 saturated carbocycles. The van der Waals surface area contributed by atoms with Gasteiger partial charge in [0.05, 0.1) is 18.6 Å². The van der Waals surface area contributed by atoms with E-state index in [0.29, 0.717) is 6.54 Å². The van der Waals surface area contributed by atoms with E-state index in [-0.39, 0.29) is 18.0 Å². The zero-order chi connectivity index (χ0) is 19.6. The predicted molar refractivity (Wildman–Crippen MR) is 115 cm³/mol. The molecular weight excluding hydrogens is 358 g/mol. The molecule has 2 unspecified atom stereocenters. The Balaban J connectivity index is 1.35. The minimum Gasteiger partial charge on any atom is -0.348 e. The van der Waals surface area contributed by atoms with Crippen molar-refractivity contribution < 1.29 is 4.79 Å². The van der Waals surface area contributed by atoms with Crippen LogP contribution >= 0.6 is 0 Å². The summed E-state index contributed by atoms with van der Waals surface area (Å²) < 4.78 is 2.31. The summed E-state index contributed by atoms with van der Waals surface area (Å²) in [5.41, 5.74) is 5.17. The van der Waals surface area contributed by atoms with Gasteiger partial charge in [-0.15, -0.1) is 0 Å². The van der Waals surface area contributed by atoms with E-state index in [1.165, 1.54) is 22.4 Å². The summed E-state index contributed by atoms with van der Waals surface area (Å²) in [6.07, 6.45) is 5.41. The first-order valence-corrected chi connectivity index (χ1v) is 10.6. The summed E-state index contributed by atoms with van der Waals surface area (Å²) in [7, 11) is 0. The second-order valence-electron chi connectivity index (χ2n) is 8.12. The Morgan fingerprint density at radius 1 is 0.966 bits per heavy atom. The highest BCUT2D eigenvalue weighted by Gasteiger charge is 2.31. The normalized spacial score (nSPS) is 21.2. The van der Waals surface area contributed by atoms with Crippen LogP contribution in [0.25, 0.3) is 0 Å². The van der Waals surface area contributed by atoms with Gasteiger partial charge >= 0.3 is 0 Å². The highest BCUT2D eigenvalue weighted by atomic mass is 16.2. The molecule has 0 spiro atoms. The Bertz CT molecular complexity index is 994. The second-order valence-corrected chi connectivity index (χ2v) is 8.12. The van der Waals surface area contributed by atoms with Crippen LogP contribution in [0.15, 0.2) is 72.9 Å². The lowest BCUT2D eigenvalue weighted by Crippen LogP contribution is -2.45. The number of fused-ring (bicyclic) bond motifs is 2. The molecule has 4 heteroatoms. The molecule has 1 aliphatic heterocycles. The van der Waals surface area contributed by atoms with E-state index in [1.807, 2.05) is 6.07 Å². The number of aryl methyl sites for hydroxylation is 1. The standard InChI is InChI=1S/C25H27N3O/c29-24(26-22-13-6-11-19-8-4-5-12-21(19)22)18-28-17-16-27-15-7-14-23(27)25(28)20-9-2-1-3-10-20/h1-5,7-10,12,14-15,22,25H,6,11,13,16-18H2,(H,26,29). The van der Waals surface area contributed by atoms with Crippen molar-refractivity contribution in [3.8, 4) is 0 Å². The average Bonchev–Trinajstić information content (AvgIpc) is 3.23. The van der Waals surface area contributed by atoms with Crippen LogP contribution in [-0.4, -0.2) is 28.5 Å². The zero-order valence-corrected chi connectivity index (χ0v) is 16.6. The lowest BCUT2D eigenvalue weighted by Gasteiger charge is -2.37. The van der Waals surface area contributed by atoms with Crippen LogP contribution < -0.4 is 5.32 Å². The molecule has 0 saturated heterocycles. The van der Waals surface area contributed by atoms with Gasteiger partial charge < -0.3 is 9.88 Å². The quantitative estimate of drug-likeness (QED) is 0.735. The molecule has 3 aromatic rings. The third-order valence-corrected chi connectivity index (χ3v) is 6.30. The molecular formula is C25H27N3O. The third-order valence-electron chi connectivity index (χ3n) is 6.30. The molecule has 5 rings (SSSR count). The highest BCUT2D eigenvalue weighted by molar-refractivity contribution is 5.78. The third kappa shape index (κ3) is 3.60. The number of carbonyl (C=O) groups is 1. The molecule has 2 atom stereocenters. The second kappa shape index (κ2) is 7.88. The Morgan fingerprint density at radius 3 is 2.69 bits per heavy atom. The molecule has 1 aliphatic carbocycles. The topological polar surface area (TPSA) is 37.3 Å². The number of hydrogen-bond acceptors (Lipinski definition) is 2. The van der Waals surface area contributed by atoms with Crippen LogP contribution in [-0.2, 0) is 17.8 Å². The SMILES string of the molecule is O=C(CN1CCn2cccc2C1c1ccccc1)NC1CCCc2ccccc21. The number of amides is 1. The van der Waals surface area contributed by atoms with Gasteiger partial charge in [0.25, 0.3) is 0 Å². The number of rotatable bonds is 4. The first-order valence-electron chi connectivity index (χ1n) is 10.6. The smallest absolute Gasteiger partial charge is 0.234 e. The van der Waals surface area contributed by atoms with Gasteiger partial charge in [-0.05, 0) is 48.1 Å². The van der Waals surface area contributed by atoms with E-state index < -0.39 is 0 Å². The average molecular weight is 386 g/mol. The van der Waals surface area contributed by atoms with Crippen molar-refractivity contribution in [3.63, 3.8) is 0 Å². The van der Waals surface area contributed by atoms with E-state index in [1.54, 1.807) is 0 Å². The fourth-order valence-electron chi connectivity index (χ4n) is 4.95. The molecule has 2 heterocycles. The van der Waals surface area contributed by atoms with E-state index in [0.717, 1.165) is 32.4 Å². The summed E-state index contributed by atoms with van der Waals surface area (Å²) >= 11 is 0. The van der Waals surface area contributed by atoms with Crippen molar-refractivity contribution >= 4 is 5.91 Å². The summed E-state index contributed by atoms with van der Waals surface area (Å²) in [6.45, 7) is 2.21. The van der Waals surface area contributed by atoms with Gasteiger partial charge in [-0.1, -0.05) is 54.6 Å². The maximum atomic E-state index is 13.1. The fourth-order valence-corrected chi connectivity index (χ4v) is 4.95. The molecule has 1 amide bonds. The lowest BCUT2D eigenvalue weighted by atomic mass is 9.88. The minimum absolute atomic E-state index is 0.115. The molecule has 0 fully saturated rings.